The lowest BCUT2D eigenvalue weighted by Crippen LogP contribution is -2.26. The Morgan fingerprint density at radius 1 is 0.846 bits per heavy atom. The molecule has 4 heteroatoms. The molecule has 0 fully saturated rings. The van der Waals surface area contributed by atoms with Crippen molar-refractivity contribution in [3.63, 3.8) is 0 Å². The van der Waals surface area contributed by atoms with Crippen LogP contribution in [0.2, 0.25) is 0 Å². The van der Waals surface area contributed by atoms with Crippen LogP contribution in [0.3, 0.4) is 0 Å². The summed E-state index contributed by atoms with van der Waals surface area (Å²) in [5.41, 5.74) is 0.890. The molecule has 1 aliphatic heterocycles. The highest BCUT2D eigenvalue weighted by molar-refractivity contribution is 6.01. The molecule has 1 heterocycles. The second kappa shape index (κ2) is 7.00. The zero-order valence-corrected chi connectivity index (χ0v) is 14.0. The van der Waals surface area contributed by atoms with Crippen LogP contribution in [0.15, 0.2) is 78.9 Å². The number of ketones is 1. The molecule has 1 aliphatic rings. The van der Waals surface area contributed by atoms with E-state index in [9.17, 15) is 9.18 Å². The van der Waals surface area contributed by atoms with Crippen LogP contribution in [0.1, 0.15) is 28.3 Å². The van der Waals surface area contributed by atoms with E-state index in [2.05, 4.69) is 0 Å². The summed E-state index contributed by atoms with van der Waals surface area (Å²) in [7, 11) is 0. The van der Waals surface area contributed by atoms with E-state index >= 15 is 0 Å². The van der Waals surface area contributed by atoms with Gasteiger partial charge in [0.05, 0.1) is 11.5 Å². The van der Waals surface area contributed by atoms with E-state index in [1.165, 1.54) is 12.1 Å². The first-order valence-corrected chi connectivity index (χ1v) is 8.48. The Balaban J connectivity index is 1.63. The number of rotatable bonds is 5. The maximum absolute atomic E-state index is 14.2. The molecule has 1 unspecified atom stereocenters. The Hall–Kier alpha value is -3.14. The summed E-state index contributed by atoms with van der Waals surface area (Å²) in [4.78, 5) is 13.1. The number of hydrogen-bond acceptors (Lipinski definition) is 3. The number of halogens is 1. The average molecular weight is 348 g/mol. The van der Waals surface area contributed by atoms with Crippen LogP contribution >= 0.6 is 0 Å². The van der Waals surface area contributed by atoms with Crippen LogP contribution in [0.5, 0.6) is 11.5 Å². The van der Waals surface area contributed by atoms with Crippen molar-refractivity contribution < 1.29 is 18.7 Å². The topological polar surface area (TPSA) is 35.5 Å². The normalized spacial score (nSPS) is 14.2. The highest BCUT2D eigenvalue weighted by atomic mass is 19.1. The zero-order chi connectivity index (χ0) is 17.9. The molecule has 0 saturated carbocycles. The predicted octanol–water partition coefficient (Wildman–Crippen LogP) is 4.98. The van der Waals surface area contributed by atoms with E-state index in [1.807, 2.05) is 54.6 Å². The molecule has 0 saturated heterocycles. The molecular formula is C22H17FO3. The summed E-state index contributed by atoms with van der Waals surface area (Å²) in [5.74, 6) is -0.0508. The number of Topliss-reactive ketones (excluding diaryl/α,β-unsaturated/α-hetero) is 1. The first-order chi connectivity index (χ1) is 12.7. The number of benzene rings is 3. The molecule has 1 atom stereocenters. The number of ether oxygens (including phenoxy) is 2. The van der Waals surface area contributed by atoms with Gasteiger partial charge in [0.1, 0.15) is 5.82 Å². The van der Waals surface area contributed by atoms with E-state index < -0.39 is 18.0 Å². The second-order valence-corrected chi connectivity index (χ2v) is 6.16. The van der Waals surface area contributed by atoms with Gasteiger partial charge < -0.3 is 9.47 Å². The molecular weight excluding hydrogens is 331 g/mol. The number of carbonyl (C=O) groups excluding carboxylic acids is 1. The molecule has 26 heavy (non-hydrogen) atoms. The van der Waals surface area contributed by atoms with Crippen molar-refractivity contribution in [2.75, 3.05) is 0 Å². The summed E-state index contributed by atoms with van der Waals surface area (Å²) >= 11 is 0. The van der Waals surface area contributed by atoms with Crippen molar-refractivity contribution in [1.29, 1.82) is 0 Å². The summed E-state index contributed by atoms with van der Waals surface area (Å²) < 4.78 is 25.8. The van der Waals surface area contributed by atoms with Crippen molar-refractivity contribution in [2.24, 2.45) is 0 Å². The van der Waals surface area contributed by atoms with Crippen LogP contribution in [-0.2, 0) is 0 Å². The molecule has 0 spiro atoms. The molecule has 0 bridgehead atoms. The Bertz CT molecular complexity index is 898. The van der Waals surface area contributed by atoms with E-state index in [1.54, 1.807) is 12.1 Å². The smallest absolute Gasteiger partial charge is 0.242 e. The van der Waals surface area contributed by atoms with Crippen molar-refractivity contribution in [1.82, 2.24) is 0 Å². The molecule has 4 rings (SSSR count). The van der Waals surface area contributed by atoms with E-state index in [0.29, 0.717) is 17.9 Å². The third-order valence-electron chi connectivity index (χ3n) is 4.45. The SMILES string of the molecule is O=C(c1ccccc1F)C(CC1Oc2ccccc2O1)c1ccccc1. The first-order valence-electron chi connectivity index (χ1n) is 8.48. The fourth-order valence-electron chi connectivity index (χ4n) is 3.17. The summed E-state index contributed by atoms with van der Waals surface area (Å²) in [6, 6.07) is 22.8. The van der Waals surface area contributed by atoms with Gasteiger partial charge in [-0.2, -0.15) is 0 Å². The summed E-state index contributed by atoms with van der Waals surface area (Å²) in [5, 5.41) is 0. The summed E-state index contributed by atoms with van der Waals surface area (Å²) in [6.45, 7) is 0. The lowest BCUT2D eigenvalue weighted by molar-refractivity contribution is 0.0341. The molecule has 0 radical (unpaired) electrons. The largest absolute Gasteiger partial charge is 0.451 e. The van der Waals surface area contributed by atoms with Crippen LogP contribution in [-0.4, -0.2) is 12.1 Å². The van der Waals surface area contributed by atoms with Gasteiger partial charge in [0, 0.05) is 6.42 Å². The zero-order valence-electron chi connectivity index (χ0n) is 14.0. The van der Waals surface area contributed by atoms with Gasteiger partial charge >= 0.3 is 0 Å². The van der Waals surface area contributed by atoms with Crippen molar-refractivity contribution in [2.45, 2.75) is 18.6 Å². The van der Waals surface area contributed by atoms with Gasteiger partial charge in [0.25, 0.3) is 0 Å². The second-order valence-electron chi connectivity index (χ2n) is 6.16. The fraction of sp³-hybridized carbons (Fsp3) is 0.136. The quantitative estimate of drug-likeness (QED) is 0.610. The van der Waals surface area contributed by atoms with Gasteiger partial charge in [0.15, 0.2) is 17.3 Å². The molecule has 0 N–H and O–H groups in total. The average Bonchev–Trinajstić information content (AvgIpc) is 3.09. The highest BCUT2D eigenvalue weighted by Crippen LogP contribution is 2.37. The Kier molecular flexibility index (Phi) is 4.40. The van der Waals surface area contributed by atoms with E-state index in [4.69, 9.17) is 9.47 Å². The molecule has 3 aromatic carbocycles. The Labute approximate surface area is 151 Å². The molecule has 130 valence electrons. The predicted molar refractivity (Wildman–Crippen MR) is 96.0 cm³/mol. The maximum atomic E-state index is 14.2. The highest BCUT2D eigenvalue weighted by Gasteiger charge is 2.32. The molecule has 3 nitrogen and oxygen atoms in total. The number of carbonyl (C=O) groups is 1. The molecule has 0 aliphatic carbocycles. The Morgan fingerprint density at radius 2 is 1.42 bits per heavy atom. The van der Waals surface area contributed by atoms with Gasteiger partial charge in [-0.1, -0.05) is 54.6 Å². The maximum Gasteiger partial charge on any atom is 0.242 e. The molecule has 0 amide bonds. The standard InChI is InChI=1S/C22H17FO3/c23-18-11-5-4-10-16(18)22(24)17(15-8-2-1-3-9-15)14-21-25-19-12-6-7-13-20(19)26-21/h1-13,17,21H,14H2. The van der Waals surface area contributed by atoms with Gasteiger partial charge in [-0.3, -0.25) is 4.79 Å². The lowest BCUT2D eigenvalue weighted by Gasteiger charge is -2.20. The van der Waals surface area contributed by atoms with Gasteiger partial charge in [-0.25, -0.2) is 4.39 Å². The number of fused-ring (bicyclic) bond motifs is 1. The van der Waals surface area contributed by atoms with E-state index in [0.717, 1.165) is 5.56 Å². The van der Waals surface area contributed by atoms with Crippen LogP contribution in [0.25, 0.3) is 0 Å². The summed E-state index contributed by atoms with van der Waals surface area (Å²) in [6.07, 6.45) is -0.292. The third kappa shape index (κ3) is 3.18. The lowest BCUT2D eigenvalue weighted by atomic mass is 9.87. The monoisotopic (exact) mass is 348 g/mol. The van der Waals surface area contributed by atoms with Crippen LogP contribution in [0, 0.1) is 5.82 Å². The number of para-hydroxylation sites is 2. The van der Waals surface area contributed by atoms with E-state index in [-0.39, 0.29) is 11.3 Å². The van der Waals surface area contributed by atoms with Crippen LogP contribution in [0.4, 0.5) is 4.39 Å². The minimum absolute atomic E-state index is 0.0804. The van der Waals surface area contributed by atoms with Gasteiger partial charge in [0.2, 0.25) is 6.29 Å². The van der Waals surface area contributed by atoms with Gasteiger partial charge in [-0.05, 0) is 29.8 Å². The van der Waals surface area contributed by atoms with Crippen LogP contribution < -0.4 is 9.47 Å². The van der Waals surface area contributed by atoms with Crippen molar-refractivity contribution >= 4 is 5.78 Å². The molecule has 0 aromatic heterocycles. The Morgan fingerprint density at radius 3 is 2.08 bits per heavy atom. The van der Waals surface area contributed by atoms with Gasteiger partial charge in [-0.15, -0.1) is 0 Å². The fourth-order valence-corrected chi connectivity index (χ4v) is 3.17. The first kappa shape index (κ1) is 16.3. The van der Waals surface area contributed by atoms with Crippen molar-refractivity contribution in [3.05, 3.63) is 95.8 Å². The minimum atomic E-state index is -0.590. The number of hydrogen-bond donors (Lipinski definition) is 0. The molecule has 3 aromatic rings. The van der Waals surface area contributed by atoms with Crippen molar-refractivity contribution in [3.8, 4) is 11.5 Å². The third-order valence-corrected chi connectivity index (χ3v) is 4.45. The minimum Gasteiger partial charge on any atom is -0.451 e.